The van der Waals surface area contributed by atoms with Crippen LogP contribution in [0.3, 0.4) is 0 Å². The minimum absolute atomic E-state index is 0.154. The molecule has 0 heterocycles. The topological polar surface area (TPSA) is 95.5 Å². The van der Waals surface area contributed by atoms with Crippen LogP contribution >= 0.6 is 0 Å². The fourth-order valence-corrected chi connectivity index (χ4v) is 3.02. The van der Waals surface area contributed by atoms with Gasteiger partial charge in [-0.1, -0.05) is 44.2 Å². The Balaban J connectivity index is 2.74. The summed E-state index contributed by atoms with van der Waals surface area (Å²) in [5, 5.41) is 12.2. The Labute approximate surface area is 138 Å². The summed E-state index contributed by atoms with van der Waals surface area (Å²) in [6, 6.07) is 8.20. The van der Waals surface area contributed by atoms with E-state index in [0.717, 1.165) is 11.8 Å². The number of nitrogens with one attached hydrogen (secondary N) is 2. The van der Waals surface area contributed by atoms with Crippen molar-refractivity contribution < 1.29 is 18.3 Å². The third-order valence-corrected chi connectivity index (χ3v) is 3.98. The molecule has 0 radical (unpaired) electrons. The molecule has 0 saturated heterocycles. The predicted octanol–water partition coefficient (Wildman–Crippen LogP) is 0.670. The lowest BCUT2D eigenvalue weighted by molar-refractivity contribution is -0.124. The van der Waals surface area contributed by atoms with E-state index >= 15 is 0 Å². The van der Waals surface area contributed by atoms with E-state index in [0.29, 0.717) is 12.8 Å². The maximum atomic E-state index is 12.4. The minimum atomic E-state index is -3.49. The van der Waals surface area contributed by atoms with Gasteiger partial charge in [0.25, 0.3) is 0 Å². The van der Waals surface area contributed by atoms with E-state index in [9.17, 15) is 18.3 Å². The Morgan fingerprint density at radius 3 is 2.30 bits per heavy atom. The number of rotatable bonds is 9. The molecule has 6 nitrogen and oxygen atoms in total. The van der Waals surface area contributed by atoms with Crippen molar-refractivity contribution in [1.29, 1.82) is 0 Å². The first-order valence-corrected chi connectivity index (χ1v) is 9.53. The monoisotopic (exact) mass is 342 g/mol. The molecule has 130 valence electrons. The van der Waals surface area contributed by atoms with Crippen LogP contribution in [0.5, 0.6) is 0 Å². The molecule has 0 spiro atoms. The first-order valence-electron chi connectivity index (χ1n) is 7.63. The second kappa shape index (κ2) is 9.00. The molecule has 7 heteroatoms. The summed E-state index contributed by atoms with van der Waals surface area (Å²) in [7, 11) is -3.49. The molecule has 0 fully saturated rings. The zero-order valence-electron chi connectivity index (χ0n) is 13.8. The summed E-state index contributed by atoms with van der Waals surface area (Å²) in [6.07, 6.45) is 1.90. The van der Waals surface area contributed by atoms with Crippen LogP contribution in [0.25, 0.3) is 0 Å². The van der Waals surface area contributed by atoms with Gasteiger partial charge in [0.15, 0.2) is 0 Å². The molecule has 0 aromatic heterocycles. The number of aliphatic hydroxyl groups excluding tert-OH is 1. The lowest BCUT2D eigenvalue weighted by Crippen LogP contribution is -2.51. The highest BCUT2D eigenvalue weighted by atomic mass is 32.2. The average Bonchev–Trinajstić information content (AvgIpc) is 2.45. The summed E-state index contributed by atoms with van der Waals surface area (Å²) in [5.41, 5.74) is 0.989. The van der Waals surface area contributed by atoms with Gasteiger partial charge in [0.2, 0.25) is 15.9 Å². The Morgan fingerprint density at radius 2 is 1.83 bits per heavy atom. The second-order valence-corrected chi connectivity index (χ2v) is 7.93. The molecule has 3 N–H and O–H groups in total. The Morgan fingerprint density at radius 1 is 1.22 bits per heavy atom. The smallest absolute Gasteiger partial charge is 0.238 e. The Hall–Kier alpha value is -1.44. The van der Waals surface area contributed by atoms with E-state index in [1.807, 2.05) is 44.2 Å². The van der Waals surface area contributed by atoms with E-state index in [4.69, 9.17) is 0 Å². The van der Waals surface area contributed by atoms with Crippen molar-refractivity contribution in [2.75, 3.05) is 12.9 Å². The van der Waals surface area contributed by atoms with Crippen molar-refractivity contribution in [1.82, 2.24) is 10.0 Å². The highest BCUT2D eigenvalue weighted by molar-refractivity contribution is 7.88. The van der Waals surface area contributed by atoms with Crippen LogP contribution in [-0.2, 0) is 21.2 Å². The molecule has 0 aliphatic rings. The van der Waals surface area contributed by atoms with Crippen molar-refractivity contribution in [3.8, 4) is 0 Å². The van der Waals surface area contributed by atoms with Crippen LogP contribution in [0, 0.1) is 5.92 Å². The molecule has 0 aliphatic carbocycles. The van der Waals surface area contributed by atoms with Crippen LogP contribution in [0.1, 0.15) is 25.8 Å². The van der Waals surface area contributed by atoms with E-state index in [1.165, 1.54) is 0 Å². The van der Waals surface area contributed by atoms with E-state index < -0.39 is 28.0 Å². The molecule has 0 aliphatic heterocycles. The molecule has 2 atom stereocenters. The molecule has 1 aromatic carbocycles. The van der Waals surface area contributed by atoms with E-state index in [1.54, 1.807) is 0 Å². The molecular formula is C16H26N2O4S. The van der Waals surface area contributed by atoms with Crippen LogP contribution in [0.4, 0.5) is 0 Å². The first-order chi connectivity index (χ1) is 10.7. The number of sulfonamides is 1. The number of benzene rings is 1. The summed E-state index contributed by atoms with van der Waals surface area (Å²) in [4.78, 5) is 12.4. The van der Waals surface area contributed by atoms with Crippen molar-refractivity contribution >= 4 is 15.9 Å². The second-order valence-electron chi connectivity index (χ2n) is 6.15. The van der Waals surface area contributed by atoms with Crippen LogP contribution in [-0.4, -0.2) is 44.4 Å². The van der Waals surface area contributed by atoms with Gasteiger partial charge in [0.05, 0.1) is 18.9 Å². The summed E-state index contributed by atoms with van der Waals surface area (Å²) in [5.74, 6) is -0.263. The zero-order valence-corrected chi connectivity index (χ0v) is 14.6. The summed E-state index contributed by atoms with van der Waals surface area (Å²) >= 11 is 0. The fraction of sp³-hybridized carbons (Fsp3) is 0.562. The number of aliphatic hydroxyl groups is 1. The normalized spacial score (nSPS) is 14.5. The number of carbonyl (C=O) groups is 1. The van der Waals surface area contributed by atoms with Crippen molar-refractivity contribution in [2.45, 2.75) is 38.8 Å². The molecule has 0 unspecified atom stereocenters. The maximum Gasteiger partial charge on any atom is 0.238 e. The number of hydrogen-bond donors (Lipinski definition) is 3. The van der Waals surface area contributed by atoms with Crippen molar-refractivity contribution in [3.63, 3.8) is 0 Å². The zero-order chi connectivity index (χ0) is 17.5. The van der Waals surface area contributed by atoms with Gasteiger partial charge in [-0.25, -0.2) is 13.1 Å². The van der Waals surface area contributed by atoms with E-state index in [2.05, 4.69) is 10.0 Å². The highest BCUT2D eigenvalue weighted by Crippen LogP contribution is 2.08. The van der Waals surface area contributed by atoms with Gasteiger partial charge in [0.1, 0.15) is 6.04 Å². The predicted molar refractivity (Wildman–Crippen MR) is 90.4 cm³/mol. The first kappa shape index (κ1) is 19.6. The average molecular weight is 342 g/mol. The van der Waals surface area contributed by atoms with Crippen LogP contribution in [0.2, 0.25) is 0 Å². The highest BCUT2D eigenvalue weighted by Gasteiger charge is 2.25. The lowest BCUT2D eigenvalue weighted by Gasteiger charge is -2.23. The molecule has 0 bridgehead atoms. The molecule has 1 amide bonds. The van der Waals surface area contributed by atoms with Crippen LogP contribution in [0.15, 0.2) is 30.3 Å². The standard InChI is InChI=1S/C16H26N2O4S/c1-12(2)9-15(18-23(3,21)22)16(20)17-14(11-19)10-13-7-5-4-6-8-13/h4-8,12,14-15,18-19H,9-11H2,1-3H3,(H,17,20)/t14-,15+/m0/s1. The van der Waals surface area contributed by atoms with Crippen molar-refractivity contribution in [3.05, 3.63) is 35.9 Å². The van der Waals surface area contributed by atoms with Gasteiger partial charge in [-0.05, 0) is 24.3 Å². The Bertz CT molecular complexity index is 587. The third-order valence-electron chi connectivity index (χ3n) is 3.27. The molecule has 1 rings (SSSR count). The SMILES string of the molecule is CC(C)C[C@@H](NS(C)(=O)=O)C(=O)N[C@H](CO)Cc1ccccc1. The third kappa shape index (κ3) is 8.11. The minimum Gasteiger partial charge on any atom is -0.394 e. The maximum absolute atomic E-state index is 12.4. The van der Waals surface area contributed by atoms with Gasteiger partial charge in [-0.3, -0.25) is 4.79 Å². The largest absolute Gasteiger partial charge is 0.394 e. The van der Waals surface area contributed by atoms with Gasteiger partial charge in [-0.15, -0.1) is 0 Å². The van der Waals surface area contributed by atoms with Gasteiger partial charge >= 0.3 is 0 Å². The quantitative estimate of drug-likeness (QED) is 0.615. The van der Waals surface area contributed by atoms with Gasteiger partial charge < -0.3 is 10.4 Å². The number of hydrogen-bond acceptors (Lipinski definition) is 4. The van der Waals surface area contributed by atoms with E-state index in [-0.39, 0.29) is 12.5 Å². The molecular weight excluding hydrogens is 316 g/mol. The summed E-state index contributed by atoms with van der Waals surface area (Å²) < 4.78 is 25.2. The molecule has 1 aromatic rings. The number of amides is 1. The lowest BCUT2D eigenvalue weighted by atomic mass is 10.0. The fourth-order valence-electron chi connectivity index (χ4n) is 2.30. The van der Waals surface area contributed by atoms with Crippen molar-refractivity contribution in [2.24, 2.45) is 5.92 Å². The van der Waals surface area contributed by atoms with Gasteiger partial charge in [-0.2, -0.15) is 0 Å². The molecule has 0 saturated carbocycles. The van der Waals surface area contributed by atoms with Crippen LogP contribution < -0.4 is 10.0 Å². The Kier molecular flexibility index (Phi) is 7.67. The number of carbonyl (C=O) groups excluding carboxylic acids is 1. The molecule has 23 heavy (non-hydrogen) atoms. The summed E-state index contributed by atoms with van der Waals surface area (Å²) in [6.45, 7) is 3.61. The van der Waals surface area contributed by atoms with Gasteiger partial charge in [0, 0.05) is 0 Å².